The first-order chi connectivity index (χ1) is 9.15. The SMILES string of the molecule is CCNc1cc(C(=O)N2CCCC2CO)cc(Cl)n1. The van der Waals surface area contributed by atoms with E-state index in [1.165, 1.54) is 0 Å². The highest BCUT2D eigenvalue weighted by Gasteiger charge is 2.29. The van der Waals surface area contributed by atoms with Gasteiger partial charge in [-0.2, -0.15) is 0 Å². The number of aromatic nitrogens is 1. The molecule has 0 radical (unpaired) electrons. The standard InChI is InChI=1S/C13H18ClN3O2/c1-2-15-12-7-9(6-11(14)16-12)13(19)17-5-3-4-10(17)8-18/h6-7,10,18H,2-5,8H2,1H3,(H,15,16). The highest BCUT2D eigenvalue weighted by atomic mass is 35.5. The van der Waals surface area contributed by atoms with Crippen molar-refractivity contribution < 1.29 is 9.90 Å². The molecule has 0 aliphatic carbocycles. The Morgan fingerprint density at radius 1 is 1.63 bits per heavy atom. The van der Waals surface area contributed by atoms with Gasteiger partial charge < -0.3 is 15.3 Å². The number of nitrogens with one attached hydrogen (secondary N) is 1. The van der Waals surface area contributed by atoms with Crippen LogP contribution in [0.1, 0.15) is 30.1 Å². The van der Waals surface area contributed by atoms with Gasteiger partial charge in [0.15, 0.2) is 0 Å². The zero-order valence-corrected chi connectivity index (χ0v) is 11.7. The number of likely N-dealkylation sites (tertiary alicyclic amines) is 1. The van der Waals surface area contributed by atoms with Gasteiger partial charge in [0.1, 0.15) is 11.0 Å². The lowest BCUT2D eigenvalue weighted by Crippen LogP contribution is -2.37. The minimum atomic E-state index is -0.0972. The summed E-state index contributed by atoms with van der Waals surface area (Å²) >= 11 is 5.94. The lowest BCUT2D eigenvalue weighted by atomic mass is 10.2. The maximum Gasteiger partial charge on any atom is 0.254 e. The van der Waals surface area contributed by atoms with Crippen LogP contribution in [0.5, 0.6) is 0 Å². The minimum Gasteiger partial charge on any atom is -0.394 e. The van der Waals surface area contributed by atoms with Crippen molar-refractivity contribution in [3.05, 3.63) is 22.8 Å². The van der Waals surface area contributed by atoms with Crippen LogP contribution in [0.2, 0.25) is 5.15 Å². The summed E-state index contributed by atoms with van der Waals surface area (Å²) in [6.07, 6.45) is 1.77. The van der Waals surface area contributed by atoms with Crippen molar-refractivity contribution in [1.29, 1.82) is 0 Å². The van der Waals surface area contributed by atoms with Crippen molar-refractivity contribution >= 4 is 23.3 Å². The molecule has 0 spiro atoms. The van der Waals surface area contributed by atoms with Gasteiger partial charge in [0.05, 0.1) is 12.6 Å². The van der Waals surface area contributed by atoms with Crippen molar-refractivity contribution in [2.45, 2.75) is 25.8 Å². The predicted octanol–water partition coefficient (Wildman–Crippen LogP) is 1.76. The zero-order chi connectivity index (χ0) is 13.8. The van der Waals surface area contributed by atoms with Crippen molar-refractivity contribution in [2.24, 2.45) is 0 Å². The van der Waals surface area contributed by atoms with Crippen molar-refractivity contribution in [1.82, 2.24) is 9.88 Å². The number of rotatable bonds is 4. The second-order valence-corrected chi connectivity index (χ2v) is 4.96. The van der Waals surface area contributed by atoms with E-state index in [-0.39, 0.29) is 18.6 Å². The molecular weight excluding hydrogens is 266 g/mol. The van der Waals surface area contributed by atoms with Gasteiger partial charge in [0.25, 0.3) is 5.91 Å². The first-order valence-electron chi connectivity index (χ1n) is 6.49. The molecule has 0 saturated carbocycles. The van der Waals surface area contributed by atoms with Gasteiger partial charge in [0, 0.05) is 18.7 Å². The number of anilines is 1. The zero-order valence-electron chi connectivity index (χ0n) is 10.9. The number of hydrogen-bond acceptors (Lipinski definition) is 4. The number of nitrogens with zero attached hydrogens (tertiary/aromatic N) is 2. The number of carbonyl (C=O) groups is 1. The van der Waals surface area contributed by atoms with Crippen LogP contribution in [0.3, 0.4) is 0 Å². The molecule has 0 aromatic carbocycles. The average molecular weight is 284 g/mol. The lowest BCUT2D eigenvalue weighted by Gasteiger charge is -2.23. The predicted molar refractivity (Wildman–Crippen MR) is 74.6 cm³/mol. The fraction of sp³-hybridized carbons (Fsp3) is 0.538. The van der Waals surface area contributed by atoms with Crippen LogP contribution in [-0.2, 0) is 0 Å². The number of hydrogen-bond donors (Lipinski definition) is 2. The smallest absolute Gasteiger partial charge is 0.254 e. The van der Waals surface area contributed by atoms with E-state index in [1.807, 2.05) is 6.92 Å². The molecule has 1 saturated heterocycles. The highest BCUT2D eigenvalue weighted by molar-refractivity contribution is 6.29. The summed E-state index contributed by atoms with van der Waals surface area (Å²) < 4.78 is 0. The molecule has 1 aliphatic rings. The van der Waals surface area contributed by atoms with Gasteiger partial charge >= 0.3 is 0 Å². The minimum absolute atomic E-state index is 0.00459. The third kappa shape index (κ3) is 3.16. The van der Waals surface area contributed by atoms with E-state index in [2.05, 4.69) is 10.3 Å². The van der Waals surface area contributed by atoms with Crippen molar-refractivity contribution in [3.63, 3.8) is 0 Å². The average Bonchev–Trinajstić information content (AvgIpc) is 2.85. The summed E-state index contributed by atoms with van der Waals surface area (Å²) in [6, 6.07) is 3.18. The fourth-order valence-corrected chi connectivity index (χ4v) is 2.56. The molecule has 1 aliphatic heterocycles. The number of carbonyl (C=O) groups excluding carboxylic acids is 1. The molecule has 6 heteroatoms. The number of aliphatic hydroxyl groups is 1. The third-order valence-corrected chi connectivity index (χ3v) is 3.44. The van der Waals surface area contributed by atoms with Crippen LogP contribution >= 0.6 is 11.6 Å². The number of aliphatic hydroxyl groups excluding tert-OH is 1. The molecule has 2 rings (SSSR count). The van der Waals surface area contributed by atoms with Crippen LogP contribution in [0.15, 0.2) is 12.1 Å². The summed E-state index contributed by atoms with van der Waals surface area (Å²) in [4.78, 5) is 18.2. The second-order valence-electron chi connectivity index (χ2n) is 4.57. The summed E-state index contributed by atoms with van der Waals surface area (Å²) in [5.41, 5.74) is 0.510. The molecule has 1 unspecified atom stereocenters. The molecule has 1 fully saturated rings. The van der Waals surface area contributed by atoms with E-state index >= 15 is 0 Å². The molecular formula is C13H18ClN3O2. The molecule has 1 atom stereocenters. The van der Waals surface area contributed by atoms with E-state index < -0.39 is 0 Å². The maximum absolute atomic E-state index is 12.4. The van der Waals surface area contributed by atoms with Crippen LogP contribution in [0.4, 0.5) is 5.82 Å². The van der Waals surface area contributed by atoms with Gasteiger partial charge in [-0.3, -0.25) is 4.79 Å². The van der Waals surface area contributed by atoms with Gasteiger partial charge in [-0.05, 0) is 31.9 Å². The monoisotopic (exact) mass is 283 g/mol. The molecule has 2 heterocycles. The van der Waals surface area contributed by atoms with Crippen molar-refractivity contribution in [3.8, 4) is 0 Å². The van der Waals surface area contributed by atoms with Gasteiger partial charge in [0.2, 0.25) is 0 Å². The van der Waals surface area contributed by atoms with Crippen LogP contribution in [-0.4, -0.2) is 46.6 Å². The van der Waals surface area contributed by atoms with Crippen molar-refractivity contribution in [2.75, 3.05) is 25.0 Å². The second kappa shape index (κ2) is 6.21. The van der Waals surface area contributed by atoms with Gasteiger partial charge in [-0.25, -0.2) is 4.98 Å². The normalized spacial score (nSPS) is 18.7. The Kier molecular flexibility index (Phi) is 4.61. The Labute approximate surface area is 117 Å². The van der Waals surface area contributed by atoms with Gasteiger partial charge in [-0.1, -0.05) is 11.6 Å². The van der Waals surface area contributed by atoms with Crippen LogP contribution in [0, 0.1) is 0 Å². The summed E-state index contributed by atoms with van der Waals surface area (Å²) in [5.74, 6) is 0.498. The van der Waals surface area contributed by atoms with Gasteiger partial charge in [-0.15, -0.1) is 0 Å². The van der Waals surface area contributed by atoms with E-state index in [9.17, 15) is 9.90 Å². The fourth-order valence-electron chi connectivity index (χ4n) is 2.35. The number of amides is 1. The molecule has 104 valence electrons. The van der Waals surface area contributed by atoms with Crippen LogP contribution < -0.4 is 5.32 Å². The molecule has 0 bridgehead atoms. The largest absolute Gasteiger partial charge is 0.394 e. The number of pyridine rings is 1. The Morgan fingerprint density at radius 3 is 3.11 bits per heavy atom. The van der Waals surface area contributed by atoms with E-state index in [1.54, 1.807) is 17.0 Å². The Bertz CT molecular complexity index is 467. The number of halogens is 1. The first kappa shape index (κ1) is 14.1. The molecule has 5 nitrogen and oxygen atoms in total. The lowest BCUT2D eigenvalue weighted by molar-refractivity contribution is 0.0677. The molecule has 2 N–H and O–H groups in total. The summed E-state index contributed by atoms with van der Waals surface area (Å²) in [5, 5.41) is 12.6. The summed E-state index contributed by atoms with van der Waals surface area (Å²) in [6.45, 7) is 3.35. The van der Waals surface area contributed by atoms with E-state index in [4.69, 9.17) is 11.6 Å². The van der Waals surface area contributed by atoms with E-state index in [0.717, 1.165) is 12.8 Å². The Hall–Kier alpha value is -1.33. The topological polar surface area (TPSA) is 65.5 Å². The Balaban J connectivity index is 2.23. The molecule has 19 heavy (non-hydrogen) atoms. The molecule has 1 amide bonds. The molecule has 1 aromatic rings. The third-order valence-electron chi connectivity index (χ3n) is 3.25. The Morgan fingerprint density at radius 2 is 2.42 bits per heavy atom. The quantitative estimate of drug-likeness (QED) is 0.827. The first-order valence-corrected chi connectivity index (χ1v) is 6.86. The summed E-state index contributed by atoms with van der Waals surface area (Å²) in [7, 11) is 0. The highest BCUT2D eigenvalue weighted by Crippen LogP contribution is 2.22. The molecule has 1 aromatic heterocycles. The van der Waals surface area contributed by atoms with Crippen LogP contribution in [0.25, 0.3) is 0 Å². The van der Waals surface area contributed by atoms with E-state index in [0.29, 0.717) is 29.6 Å². The maximum atomic E-state index is 12.4.